The van der Waals surface area contributed by atoms with Gasteiger partial charge >= 0.3 is 0 Å². The first-order valence-corrected chi connectivity index (χ1v) is 7.04. The van der Waals surface area contributed by atoms with Gasteiger partial charge < -0.3 is 10.1 Å². The Morgan fingerprint density at radius 3 is 2.85 bits per heavy atom. The minimum atomic E-state index is -0.489. The minimum Gasteiger partial charge on any atom is -0.493 e. The van der Waals surface area contributed by atoms with Crippen LogP contribution in [0.3, 0.4) is 0 Å². The van der Waals surface area contributed by atoms with Crippen LogP contribution in [0.5, 0.6) is 5.75 Å². The molecule has 2 aromatic rings. The molecule has 1 aliphatic heterocycles. The SMILES string of the molecule is Fc1cc(NCC2COc3ccccc32)c(F)cc1Br. The van der Waals surface area contributed by atoms with Crippen LogP contribution < -0.4 is 10.1 Å². The van der Waals surface area contributed by atoms with Crippen molar-refractivity contribution in [1.29, 1.82) is 0 Å². The van der Waals surface area contributed by atoms with Crippen molar-refractivity contribution < 1.29 is 13.5 Å². The molecular formula is C15H12BrF2NO. The molecule has 0 fully saturated rings. The van der Waals surface area contributed by atoms with E-state index in [1.807, 2.05) is 24.3 Å². The summed E-state index contributed by atoms with van der Waals surface area (Å²) in [5.41, 5.74) is 1.26. The fourth-order valence-corrected chi connectivity index (χ4v) is 2.60. The van der Waals surface area contributed by atoms with Crippen molar-refractivity contribution in [2.45, 2.75) is 5.92 Å². The zero-order chi connectivity index (χ0) is 14.1. The molecule has 1 atom stereocenters. The summed E-state index contributed by atoms with van der Waals surface area (Å²) in [7, 11) is 0. The molecular weight excluding hydrogens is 328 g/mol. The average Bonchev–Trinajstić information content (AvgIpc) is 2.85. The van der Waals surface area contributed by atoms with Crippen LogP contribution in [0.25, 0.3) is 0 Å². The Bertz CT molecular complexity index is 648. The molecule has 3 rings (SSSR count). The molecule has 0 saturated carbocycles. The molecule has 20 heavy (non-hydrogen) atoms. The number of rotatable bonds is 3. The van der Waals surface area contributed by atoms with Gasteiger partial charge in [0.2, 0.25) is 0 Å². The van der Waals surface area contributed by atoms with Gasteiger partial charge in [0.05, 0.1) is 16.8 Å². The van der Waals surface area contributed by atoms with Crippen molar-refractivity contribution in [1.82, 2.24) is 0 Å². The van der Waals surface area contributed by atoms with Gasteiger partial charge in [0.1, 0.15) is 17.4 Å². The van der Waals surface area contributed by atoms with Gasteiger partial charge in [-0.15, -0.1) is 0 Å². The predicted molar refractivity (Wildman–Crippen MR) is 77.2 cm³/mol. The van der Waals surface area contributed by atoms with Crippen molar-refractivity contribution in [3.8, 4) is 5.75 Å². The van der Waals surface area contributed by atoms with E-state index >= 15 is 0 Å². The maximum Gasteiger partial charge on any atom is 0.147 e. The second-order valence-corrected chi connectivity index (χ2v) is 5.53. The quantitative estimate of drug-likeness (QED) is 0.841. The van der Waals surface area contributed by atoms with Crippen molar-refractivity contribution in [3.05, 3.63) is 58.1 Å². The van der Waals surface area contributed by atoms with E-state index < -0.39 is 11.6 Å². The molecule has 0 aliphatic carbocycles. The second kappa shape index (κ2) is 5.40. The van der Waals surface area contributed by atoms with E-state index in [9.17, 15) is 8.78 Å². The van der Waals surface area contributed by atoms with Crippen LogP contribution in [-0.2, 0) is 0 Å². The zero-order valence-electron chi connectivity index (χ0n) is 10.5. The highest BCUT2D eigenvalue weighted by atomic mass is 79.9. The Balaban J connectivity index is 1.74. The maximum atomic E-state index is 13.7. The van der Waals surface area contributed by atoms with Gasteiger partial charge in [0.15, 0.2) is 0 Å². The smallest absolute Gasteiger partial charge is 0.147 e. The monoisotopic (exact) mass is 339 g/mol. The lowest BCUT2D eigenvalue weighted by atomic mass is 10.0. The molecule has 0 saturated heterocycles. The highest BCUT2D eigenvalue weighted by Gasteiger charge is 2.23. The first-order valence-electron chi connectivity index (χ1n) is 6.25. The van der Waals surface area contributed by atoms with Crippen molar-refractivity contribution in [3.63, 3.8) is 0 Å². The molecule has 0 radical (unpaired) electrons. The number of nitrogens with one attached hydrogen (secondary N) is 1. The van der Waals surface area contributed by atoms with Gasteiger partial charge in [-0.2, -0.15) is 0 Å². The largest absolute Gasteiger partial charge is 0.493 e. The number of halogens is 3. The fraction of sp³-hybridized carbons (Fsp3) is 0.200. The van der Waals surface area contributed by atoms with E-state index in [-0.39, 0.29) is 16.1 Å². The van der Waals surface area contributed by atoms with Crippen molar-refractivity contribution >= 4 is 21.6 Å². The zero-order valence-corrected chi connectivity index (χ0v) is 12.1. The van der Waals surface area contributed by atoms with E-state index in [2.05, 4.69) is 21.2 Å². The number of hydrogen-bond acceptors (Lipinski definition) is 2. The van der Waals surface area contributed by atoms with Crippen LogP contribution in [0.15, 0.2) is 40.9 Å². The molecule has 1 unspecified atom stereocenters. The normalized spacial score (nSPS) is 16.6. The maximum absolute atomic E-state index is 13.7. The summed E-state index contributed by atoms with van der Waals surface area (Å²) in [5, 5.41) is 2.95. The van der Waals surface area contributed by atoms with Gasteiger partial charge in [-0.05, 0) is 28.1 Å². The lowest BCUT2D eigenvalue weighted by molar-refractivity contribution is 0.334. The average molecular weight is 340 g/mol. The number of ether oxygens (including phenoxy) is 1. The van der Waals surface area contributed by atoms with Gasteiger partial charge in [0.25, 0.3) is 0 Å². The number of hydrogen-bond donors (Lipinski definition) is 1. The van der Waals surface area contributed by atoms with Crippen LogP contribution in [0.2, 0.25) is 0 Å². The Labute approximate surface area is 123 Å². The summed E-state index contributed by atoms with van der Waals surface area (Å²) in [6.07, 6.45) is 0. The van der Waals surface area contributed by atoms with Crippen molar-refractivity contribution in [2.75, 3.05) is 18.5 Å². The van der Waals surface area contributed by atoms with Crippen LogP contribution in [-0.4, -0.2) is 13.2 Å². The molecule has 104 valence electrons. The van der Waals surface area contributed by atoms with Crippen LogP contribution in [0.1, 0.15) is 11.5 Å². The standard InChI is InChI=1S/C15H12BrF2NO/c16-11-5-13(18)14(6-12(11)17)19-7-9-8-20-15-4-2-1-3-10(9)15/h1-6,9,19H,7-8H2. The lowest BCUT2D eigenvalue weighted by Crippen LogP contribution is -2.14. The number of para-hydroxylation sites is 1. The van der Waals surface area contributed by atoms with E-state index in [0.717, 1.165) is 23.4 Å². The molecule has 2 nitrogen and oxygen atoms in total. The summed E-state index contributed by atoms with van der Waals surface area (Å²) >= 11 is 2.96. The highest BCUT2D eigenvalue weighted by molar-refractivity contribution is 9.10. The highest BCUT2D eigenvalue weighted by Crippen LogP contribution is 2.33. The minimum absolute atomic E-state index is 0.120. The second-order valence-electron chi connectivity index (χ2n) is 4.67. The molecule has 2 aromatic carbocycles. The van der Waals surface area contributed by atoms with Gasteiger partial charge in [-0.25, -0.2) is 8.78 Å². The Hall–Kier alpha value is -1.62. The number of benzene rings is 2. The Morgan fingerprint density at radius 2 is 2.00 bits per heavy atom. The van der Waals surface area contributed by atoms with Gasteiger partial charge in [-0.1, -0.05) is 18.2 Å². The lowest BCUT2D eigenvalue weighted by Gasteiger charge is -2.13. The molecule has 1 N–H and O–H groups in total. The molecule has 0 amide bonds. The molecule has 5 heteroatoms. The Kier molecular flexibility index (Phi) is 3.61. The third kappa shape index (κ3) is 2.50. The summed E-state index contributed by atoms with van der Waals surface area (Å²) < 4.78 is 32.8. The molecule has 1 aliphatic rings. The fourth-order valence-electron chi connectivity index (χ4n) is 2.29. The van der Waals surface area contributed by atoms with Gasteiger partial charge in [-0.3, -0.25) is 0 Å². The predicted octanol–water partition coefficient (Wildman–Crippen LogP) is 4.32. The summed E-state index contributed by atoms with van der Waals surface area (Å²) in [6, 6.07) is 10.0. The number of anilines is 1. The summed E-state index contributed by atoms with van der Waals surface area (Å²) in [6.45, 7) is 1.04. The van der Waals surface area contributed by atoms with Gasteiger partial charge in [0, 0.05) is 24.1 Å². The topological polar surface area (TPSA) is 21.3 Å². The molecule has 0 bridgehead atoms. The Morgan fingerprint density at radius 1 is 1.20 bits per heavy atom. The third-order valence-corrected chi connectivity index (χ3v) is 3.96. The molecule has 1 heterocycles. The number of fused-ring (bicyclic) bond motifs is 1. The van der Waals surface area contributed by atoms with E-state index in [1.165, 1.54) is 0 Å². The first-order chi connectivity index (χ1) is 9.65. The van der Waals surface area contributed by atoms with E-state index in [4.69, 9.17) is 4.74 Å². The van der Waals surface area contributed by atoms with Crippen molar-refractivity contribution in [2.24, 2.45) is 0 Å². The summed E-state index contributed by atoms with van der Waals surface area (Å²) in [4.78, 5) is 0. The third-order valence-electron chi connectivity index (χ3n) is 3.35. The first kappa shape index (κ1) is 13.4. The van der Waals surface area contributed by atoms with E-state index in [0.29, 0.717) is 13.2 Å². The van der Waals surface area contributed by atoms with E-state index in [1.54, 1.807) is 0 Å². The van der Waals surface area contributed by atoms with Crippen LogP contribution in [0, 0.1) is 11.6 Å². The molecule has 0 spiro atoms. The molecule has 0 aromatic heterocycles. The van der Waals surface area contributed by atoms with Crippen LogP contribution in [0.4, 0.5) is 14.5 Å². The van der Waals surface area contributed by atoms with Crippen LogP contribution >= 0.6 is 15.9 Å². The summed E-state index contributed by atoms with van der Waals surface area (Å²) in [5.74, 6) is 0.0292.